The molecule has 0 aliphatic carbocycles. The number of hydrogen-bond donors (Lipinski definition) is 0. The Morgan fingerprint density at radius 2 is 1.63 bits per heavy atom. The molecule has 0 N–H and O–H groups in total. The summed E-state index contributed by atoms with van der Waals surface area (Å²) in [6, 6.07) is 9.51. The molecular weight excluding hydrogens is 329 g/mol. The Bertz CT molecular complexity index is 598. The number of halogens is 5. The van der Waals surface area contributed by atoms with Crippen LogP contribution >= 0.6 is 46.4 Å². The standard InChI is InChI=1S/C14H9Cl4F/c15-11-4-1-8(6-14(11)18)5-12(16)10-3-2-9(19)7-13(10)17/h1-4,6-7,12H,5H2. The van der Waals surface area contributed by atoms with Crippen LogP contribution < -0.4 is 0 Å². The van der Waals surface area contributed by atoms with Gasteiger partial charge >= 0.3 is 0 Å². The average Bonchev–Trinajstić information content (AvgIpc) is 2.33. The van der Waals surface area contributed by atoms with E-state index < -0.39 is 0 Å². The van der Waals surface area contributed by atoms with Crippen molar-refractivity contribution in [3.8, 4) is 0 Å². The van der Waals surface area contributed by atoms with Gasteiger partial charge < -0.3 is 0 Å². The molecule has 0 amide bonds. The van der Waals surface area contributed by atoms with Gasteiger partial charge in [0.15, 0.2) is 0 Å². The minimum atomic E-state index is -0.382. The molecule has 0 aliphatic rings. The van der Waals surface area contributed by atoms with E-state index in [0.29, 0.717) is 27.1 Å². The molecule has 0 aromatic heterocycles. The van der Waals surface area contributed by atoms with E-state index in [2.05, 4.69) is 0 Å². The molecule has 2 aromatic carbocycles. The summed E-state index contributed by atoms with van der Waals surface area (Å²) in [5.41, 5.74) is 1.63. The molecule has 0 saturated carbocycles. The van der Waals surface area contributed by atoms with Crippen LogP contribution in [0.2, 0.25) is 15.1 Å². The molecule has 1 atom stereocenters. The molecule has 0 bridgehead atoms. The summed E-state index contributed by atoms with van der Waals surface area (Å²) in [5.74, 6) is -0.382. The van der Waals surface area contributed by atoms with Crippen molar-refractivity contribution < 1.29 is 4.39 Å². The smallest absolute Gasteiger partial charge is 0.124 e. The van der Waals surface area contributed by atoms with Crippen molar-refractivity contribution in [1.29, 1.82) is 0 Å². The summed E-state index contributed by atoms with van der Waals surface area (Å²) >= 11 is 24.1. The van der Waals surface area contributed by atoms with Crippen LogP contribution in [-0.2, 0) is 6.42 Å². The molecule has 1 unspecified atom stereocenters. The highest BCUT2D eigenvalue weighted by Gasteiger charge is 2.14. The lowest BCUT2D eigenvalue weighted by Crippen LogP contribution is -1.97. The quantitative estimate of drug-likeness (QED) is 0.576. The van der Waals surface area contributed by atoms with Crippen molar-refractivity contribution in [3.63, 3.8) is 0 Å². The third-order valence-corrected chi connectivity index (χ3v) is 4.15. The first kappa shape index (κ1) is 14.9. The first-order chi connectivity index (χ1) is 8.97. The average molecular weight is 338 g/mol. The van der Waals surface area contributed by atoms with Gasteiger partial charge in [-0.15, -0.1) is 11.6 Å². The van der Waals surface area contributed by atoms with Gasteiger partial charge in [-0.05, 0) is 41.8 Å². The van der Waals surface area contributed by atoms with Crippen LogP contribution in [0, 0.1) is 5.82 Å². The second-order valence-corrected chi connectivity index (χ2v) is 5.83. The molecule has 0 spiro atoms. The molecule has 0 heterocycles. The van der Waals surface area contributed by atoms with E-state index in [9.17, 15) is 4.39 Å². The number of hydrogen-bond acceptors (Lipinski definition) is 0. The molecule has 0 aliphatic heterocycles. The normalized spacial score (nSPS) is 12.5. The highest BCUT2D eigenvalue weighted by atomic mass is 35.5. The van der Waals surface area contributed by atoms with Crippen molar-refractivity contribution in [2.24, 2.45) is 0 Å². The minimum absolute atomic E-state index is 0.320. The van der Waals surface area contributed by atoms with Crippen molar-refractivity contribution in [1.82, 2.24) is 0 Å². The largest absolute Gasteiger partial charge is 0.207 e. The highest BCUT2D eigenvalue weighted by Crippen LogP contribution is 2.32. The molecule has 0 fully saturated rings. The number of rotatable bonds is 3. The van der Waals surface area contributed by atoms with Gasteiger partial charge in [-0.25, -0.2) is 4.39 Å². The van der Waals surface area contributed by atoms with Gasteiger partial charge in [0.2, 0.25) is 0 Å². The molecular formula is C14H9Cl4F. The summed E-state index contributed by atoms with van der Waals surface area (Å²) in [6.45, 7) is 0. The third kappa shape index (κ3) is 3.76. The molecule has 0 saturated heterocycles. The maximum atomic E-state index is 13.0. The van der Waals surface area contributed by atoms with Crippen LogP contribution in [0.4, 0.5) is 4.39 Å². The van der Waals surface area contributed by atoms with Crippen LogP contribution in [-0.4, -0.2) is 0 Å². The molecule has 0 radical (unpaired) electrons. The summed E-state index contributed by atoms with van der Waals surface area (Å²) in [5, 5.41) is 0.940. The molecule has 2 aromatic rings. The zero-order valence-electron chi connectivity index (χ0n) is 9.64. The SMILES string of the molecule is Fc1ccc(C(Cl)Cc2ccc(Cl)c(Cl)c2)c(Cl)c1. The second-order valence-electron chi connectivity index (χ2n) is 4.09. The maximum absolute atomic E-state index is 13.0. The summed E-state index contributed by atoms with van der Waals surface area (Å²) in [4.78, 5) is 0. The fourth-order valence-corrected chi connectivity index (χ4v) is 2.78. The molecule has 100 valence electrons. The molecule has 0 nitrogen and oxygen atoms in total. The van der Waals surface area contributed by atoms with E-state index in [0.717, 1.165) is 5.56 Å². The lowest BCUT2D eigenvalue weighted by molar-refractivity contribution is 0.627. The molecule has 19 heavy (non-hydrogen) atoms. The molecule has 5 heteroatoms. The molecule has 2 rings (SSSR count). The van der Waals surface area contributed by atoms with E-state index in [1.807, 2.05) is 6.07 Å². The Hall–Kier alpha value is -0.470. The van der Waals surface area contributed by atoms with Gasteiger partial charge in [-0.1, -0.05) is 46.9 Å². The second kappa shape index (κ2) is 6.32. The Morgan fingerprint density at radius 3 is 2.26 bits per heavy atom. The van der Waals surface area contributed by atoms with Crippen LogP contribution in [0.25, 0.3) is 0 Å². The van der Waals surface area contributed by atoms with Crippen molar-refractivity contribution >= 4 is 46.4 Å². The third-order valence-electron chi connectivity index (χ3n) is 2.70. The van der Waals surface area contributed by atoms with Gasteiger partial charge in [0, 0.05) is 5.02 Å². The lowest BCUT2D eigenvalue weighted by Gasteiger charge is -2.12. The summed E-state index contributed by atoms with van der Waals surface area (Å²) in [6.07, 6.45) is 0.532. The predicted molar refractivity (Wildman–Crippen MR) is 80.2 cm³/mol. The fraction of sp³-hybridized carbons (Fsp3) is 0.143. The fourth-order valence-electron chi connectivity index (χ4n) is 1.74. The van der Waals surface area contributed by atoms with Gasteiger partial charge in [-0.3, -0.25) is 0 Å². The first-order valence-corrected chi connectivity index (χ1v) is 7.07. The van der Waals surface area contributed by atoms with Crippen LogP contribution in [0.5, 0.6) is 0 Å². The zero-order chi connectivity index (χ0) is 14.0. The van der Waals surface area contributed by atoms with Crippen LogP contribution in [0.3, 0.4) is 0 Å². The zero-order valence-corrected chi connectivity index (χ0v) is 12.7. The predicted octanol–water partition coefficient (Wildman–Crippen LogP) is 6.31. The Morgan fingerprint density at radius 1 is 0.895 bits per heavy atom. The van der Waals surface area contributed by atoms with Gasteiger partial charge in [0.05, 0.1) is 15.4 Å². The van der Waals surface area contributed by atoms with Crippen molar-refractivity contribution in [3.05, 3.63) is 68.4 Å². The van der Waals surface area contributed by atoms with Crippen LogP contribution in [0.15, 0.2) is 36.4 Å². The van der Waals surface area contributed by atoms with Crippen molar-refractivity contribution in [2.75, 3.05) is 0 Å². The van der Waals surface area contributed by atoms with Gasteiger partial charge in [0.25, 0.3) is 0 Å². The van der Waals surface area contributed by atoms with E-state index in [1.165, 1.54) is 12.1 Å². The summed E-state index contributed by atoms with van der Waals surface area (Å²) in [7, 11) is 0. The van der Waals surface area contributed by atoms with E-state index in [-0.39, 0.29) is 11.2 Å². The van der Waals surface area contributed by atoms with Crippen LogP contribution in [0.1, 0.15) is 16.5 Å². The number of alkyl halides is 1. The topological polar surface area (TPSA) is 0 Å². The maximum Gasteiger partial charge on any atom is 0.124 e. The van der Waals surface area contributed by atoms with E-state index >= 15 is 0 Å². The first-order valence-electron chi connectivity index (χ1n) is 5.50. The number of benzene rings is 2. The Balaban J connectivity index is 2.20. The van der Waals surface area contributed by atoms with E-state index in [1.54, 1.807) is 18.2 Å². The lowest BCUT2D eigenvalue weighted by atomic mass is 10.0. The minimum Gasteiger partial charge on any atom is -0.207 e. The van der Waals surface area contributed by atoms with Crippen molar-refractivity contribution in [2.45, 2.75) is 11.8 Å². The van der Waals surface area contributed by atoms with Gasteiger partial charge in [0.1, 0.15) is 5.82 Å². The Labute approximate surface area is 131 Å². The van der Waals surface area contributed by atoms with E-state index in [4.69, 9.17) is 46.4 Å². The summed E-state index contributed by atoms with van der Waals surface area (Å²) < 4.78 is 13.0. The van der Waals surface area contributed by atoms with Gasteiger partial charge in [-0.2, -0.15) is 0 Å². The Kier molecular flexibility index (Phi) is 4.97. The monoisotopic (exact) mass is 336 g/mol. The highest BCUT2D eigenvalue weighted by molar-refractivity contribution is 6.42.